The molecule has 0 unspecified atom stereocenters. The van der Waals surface area contributed by atoms with Gasteiger partial charge >= 0.3 is 5.97 Å². The zero-order valence-electron chi connectivity index (χ0n) is 13.3. The fraction of sp³-hybridized carbons (Fsp3) is 0.200. The first-order chi connectivity index (χ1) is 12.4. The second-order valence-electron chi connectivity index (χ2n) is 5.03. The predicted molar refractivity (Wildman–Crippen MR) is 91.7 cm³/mol. The summed E-state index contributed by atoms with van der Waals surface area (Å²) in [6.07, 6.45) is 0. The lowest BCUT2D eigenvalue weighted by atomic mass is 10.3. The quantitative estimate of drug-likeness (QED) is 0.666. The summed E-state index contributed by atoms with van der Waals surface area (Å²) in [7, 11) is -3.76. The molecule has 0 bridgehead atoms. The Morgan fingerprint density at radius 3 is 2.77 bits per heavy atom. The molecule has 2 aromatic rings. The Morgan fingerprint density at radius 2 is 2.00 bits per heavy atom. The van der Waals surface area contributed by atoms with Crippen LogP contribution in [-0.4, -0.2) is 40.2 Å². The molecule has 0 saturated carbocycles. The van der Waals surface area contributed by atoms with Gasteiger partial charge in [0.2, 0.25) is 6.79 Å². The van der Waals surface area contributed by atoms with E-state index in [9.17, 15) is 18.0 Å². The van der Waals surface area contributed by atoms with Gasteiger partial charge in [0.25, 0.3) is 15.9 Å². The molecule has 3 rings (SSSR count). The summed E-state index contributed by atoms with van der Waals surface area (Å²) in [5, 5.41) is 4.14. The van der Waals surface area contributed by atoms with E-state index in [4.69, 9.17) is 14.2 Å². The monoisotopic (exact) mass is 398 g/mol. The maximum atomic E-state index is 11.9. The molecule has 138 valence electrons. The molecule has 9 nitrogen and oxygen atoms in total. The van der Waals surface area contributed by atoms with E-state index in [-0.39, 0.29) is 11.0 Å². The van der Waals surface area contributed by atoms with Gasteiger partial charge in [0, 0.05) is 11.8 Å². The number of ether oxygens (including phenoxy) is 3. The van der Waals surface area contributed by atoms with Crippen LogP contribution in [0.4, 0.5) is 5.69 Å². The molecule has 0 fully saturated rings. The van der Waals surface area contributed by atoms with Crippen molar-refractivity contribution in [2.75, 3.05) is 25.3 Å². The largest absolute Gasteiger partial charge is 0.455 e. The third kappa shape index (κ3) is 4.50. The lowest BCUT2D eigenvalue weighted by Gasteiger charge is -2.08. The first-order valence-electron chi connectivity index (χ1n) is 7.32. The number of hydrogen-bond acceptors (Lipinski definition) is 8. The second-order valence-corrected chi connectivity index (χ2v) is 7.98. The highest BCUT2D eigenvalue weighted by molar-refractivity contribution is 7.91. The Kier molecular flexibility index (Phi) is 5.40. The van der Waals surface area contributed by atoms with Gasteiger partial charge in [-0.3, -0.25) is 9.59 Å². The Hall–Kier alpha value is -2.63. The van der Waals surface area contributed by atoms with Crippen LogP contribution in [0.5, 0.6) is 11.5 Å². The zero-order valence-corrected chi connectivity index (χ0v) is 14.9. The van der Waals surface area contributed by atoms with E-state index in [2.05, 4.69) is 10.0 Å². The van der Waals surface area contributed by atoms with Crippen molar-refractivity contribution in [3.05, 3.63) is 35.7 Å². The summed E-state index contributed by atoms with van der Waals surface area (Å²) in [6, 6.07) is 7.83. The number of hydrogen-bond donors (Lipinski definition) is 2. The smallest absolute Gasteiger partial charge is 0.321 e. The van der Waals surface area contributed by atoms with E-state index in [0.717, 1.165) is 11.3 Å². The summed E-state index contributed by atoms with van der Waals surface area (Å²) < 4.78 is 41.0. The number of fused-ring (bicyclic) bond motifs is 1. The average Bonchev–Trinajstić information content (AvgIpc) is 3.29. The van der Waals surface area contributed by atoms with Crippen molar-refractivity contribution in [3.8, 4) is 11.5 Å². The van der Waals surface area contributed by atoms with Gasteiger partial charge in [0.15, 0.2) is 18.1 Å². The van der Waals surface area contributed by atoms with Crippen molar-refractivity contribution in [2.24, 2.45) is 0 Å². The van der Waals surface area contributed by atoms with Crippen molar-refractivity contribution in [2.45, 2.75) is 4.21 Å². The highest BCUT2D eigenvalue weighted by atomic mass is 32.2. The number of anilines is 1. The van der Waals surface area contributed by atoms with Gasteiger partial charge in [-0.25, -0.2) is 8.42 Å². The third-order valence-corrected chi connectivity index (χ3v) is 5.99. The molecular weight excluding hydrogens is 384 g/mol. The van der Waals surface area contributed by atoms with Crippen LogP contribution in [0.3, 0.4) is 0 Å². The van der Waals surface area contributed by atoms with Crippen molar-refractivity contribution >= 4 is 38.9 Å². The minimum absolute atomic E-state index is 0.0888. The molecule has 0 saturated heterocycles. The van der Waals surface area contributed by atoms with Gasteiger partial charge in [0.1, 0.15) is 10.8 Å². The van der Waals surface area contributed by atoms with Crippen LogP contribution in [0, 0.1) is 0 Å². The van der Waals surface area contributed by atoms with Gasteiger partial charge < -0.3 is 19.5 Å². The van der Waals surface area contributed by atoms with Crippen molar-refractivity contribution in [1.29, 1.82) is 0 Å². The first-order valence-corrected chi connectivity index (χ1v) is 9.68. The fourth-order valence-corrected chi connectivity index (χ4v) is 4.02. The lowest BCUT2D eigenvalue weighted by molar-refractivity contribution is -0.146. The molecular formula is C15H14N2O7S2. The van der Waals surface area contributed by atoms with Gasteiger partial charge in [-0.2, -0.15) is 4.72 Å². The molecule has 2 N–H and O–H groups in total. The summed E-state index contributed by atoms with van der Waals surface area (Å²) in [6.45, 7) is -1.00. The van der Waals surface area contributed by atoms with Gasteiger partial charge in [-0.1, -0.05) is 6.07 Å². The molecule has 1 aliphatic heterocycles. The molecule has 1 aliphatic rings. The summed E-state index contributed by atoms with van der Waals surface area (Å²) >= 11 is 1.02. The van der Waals surface area contributed by atoms with Crippen LogP contribution in [-0.2, 0) is 24.3 Å². The van der Waals surface area contributed by atoms with Crippen LogP contribution < -0.4 is 19.5 Å². The number of carbonyl (C=O) groups is 2. The molecule has 1 aromatic heterocycles. The SMILES string of the molecule is O=C(COC(=O)CNS(=O)(=O)c1cccs1)Nc1ccc2c(c1)OCO2. The number of nitrogens with one attached hydrogen (secondary N) is 2. The molecule has 26 heavy (non-hydrogen) atoms. The van der Waals surface area contributed by atoms with E-state index in [1.165, 1.54) is 6.07 Å². The third-order valence-electron chi connectivity index (χ3n) is 3.19. The van der Waals surface area contributed by atoms with E-state index < -0.39 is 35.1 Å². The molecule has 2 heterocycles. The minimum Gasteiger partial charge on any atom is -0.455 e. The highest BCUT2D eigenvalue weighted by Gasteiger charge is 2.18. The Balaban J connectivity index is 1.43. The van der Waals surface area contributed by atoms with Crippen LogP contribution in [0.2, 0.25) is 0 Å². The molecule has 0 radical (unpaired) electrons. The van der Waals surface area contributed by atoms with E-state index in [1.807, 2.05) is 0 Å². The van der Waals surface area contributed by atoms with Crippen LogP contribution in [0.25, 0.3) is 0 Å². The lowest BCUT2D eigenvalue weighted by Crippen LogP contribution is -2.32. The van der Waals surface area contributed by atoms with Gasteiger partial charge in [-0.05, 0) is 23.6 Å². The summed E-state index contributed by atoms with van der Waals surface area (Å²) in [5.41, 5.74) is 0.452. The molecule has 11 heteroatoms. The number of esters is 1. The average molecular weight is 398 g/mol. The van der Waals surface area contributed by atoms with Crippen molar-refractivity contribution in [1.82, 2.24) is 4.72 Å². The number of sulfonamides is 1. The maximum absolute atomic E-state index is 11.9. The van der Waals surface area contributed by atoms with Crippen LogP contribution >= 0.6 is 11.3 Å². The Bertz CT molecular complexity index is 910. The van der Waals surface area contributed by atoms with Crippen molar-refractivity contribution < 1.29 is 32.2 Å². The molecule has 1 aromatic carbocycles. The standard InChI is InChI=1S/C15H14N2O7S2/c18-13(17-10-3-4-11-12(6-10)24-9-23-11)8-22-14(19)7-16-26(20,21)15-2-1-5-25-15/h1-6,16H,7-9H2,(H,17,18). The number of benzene rings is 1. The molecule has 1 amide bonds. The summed E-state index contributed by atoms with van der Waals surface area (Å²) in [5.74, 6) is -0.362. The number of carbonyl (C=O) groups excluding carboxylic acids is 2. The maximum Gasteiger partial charge on any atom is 0.321 e. The van der Waals surface area contributed by atoms with E-state index in [1.54, 1.807) is 29.6 Å². The topological polar surface area (TPSA) is 120 Å². The molecule has 0 spiro atoms. The number of thiophene rings is 1. The van der Waals surface area contributed by atoms with Crippen LogP contribution in [0.15, 0.2) is 39.9 Å². The van der Waals surface area contributed by atoms with E-state index >= 15 is 0 Å². The Labute approximate surface area is 152 Å². The molecule has 0 atom stereocenters. The van der Waals surface area contributed by atoms with Gasteiger partial charge in [0.05, 0.1) is 0 Å². The van der Waals surface area contributed by atoms with E-state index in [0.29, 0.717) is 17.2 Å². The fourth-order valence-electron chi connectivity index (χ4n) is 2.01. The van der Waals surface area contributed by atoms with Crippen LogP contribution in [0.1, 0.15) is 0 Å². The minimum atomic E-state index is -3.76. The predicted octanol–water partition coefficient (Wildman–Crippen LogP) is 0.937. The Morgan fingerprint density at radius 1 is 1.19 bits per heavy atom. The number of rotatable bonds is 7. The number of amides is 1. The van der Waals surface area contributed by atoms with Crippen molar-refractivity contribution in [3.63, 3.8) is 0 Å². The zero-order chi connectivity index (χ0) is 18.6. The molecule has 0 aliphatic carbocycles. The normalized spacial score (nSPS) is 12.6. The second kappa shape index (κ2) is 7.72. The van der Waals surface area contributed by atoms with Gasteiger partial charge in [-0.15, -0.1) is 11.3 Å². The first kappa shape index (κ1) is 18.2. The highest BCUT2D eigenvalue weighted by Crippen LogP contribution is 2.34. The summed E-state index contributed by atoms with van der Waals surface area (Å²) in [4.78, 5) is 23.4.